The van der Waals surface area contributed by atoms with Gasteiger partial charge in [0, 0.05) is 19.4 Å². The molecular formula is C69H124O5. The molecule has 5 nitrogen and oxygen atoms in total. The molecule has 430 valence electrons. The van der Waals surface area contributed by atoms with Crippen LogP contribution < -0.4 is 0 Å². The molecule has 0 aliphatic heterocycles. The van der Waals surface area contributed by atoms with Crippen LogP contribution in [0.2, 0.25) is 0 Å². The van der Waals surface area contributed by atoms with Crippen LogP contribution in [0, 0.1) is 0 Å². The number of unbranched alkanes of at least 4 members (excludes halogenated alkanes) is 37. The number of rotatable bonds is 60. The lowest BCUT2D eigenvalue weighted by Gasteiger charge is -2.18. The topological polar surface area (TPSA) is 61.8 Å². The summed E-state index contributed by atoms with van der Waals surface area (Å²) in [6.07, 6.45) is 85.3. The molecular weight excluding hydrogens is 909 g/mol. The number of carbonyl (C=O) groups excluding carboxylic acids is 2. The fourth-order valence-electron chi connectivity index (χ4n) is 9.48. The van der Waals surface area contributed by atoms with E-state index in [1.807, 2.05) is 6.08 Å². The maximum Gasteiger partial charge on any atom is 0.306 e. The van der Waals surface area contributed by atoms with Crippen molar-refractivity contribution in [2.24, 2.45) is 0 Å². The van der Waals surface area contributed by atoms with Crippen molar-refractivity contribution in [2.45, 2.75) is 335 Å². The van der Waals surface area contributed by atoms with Gasteiger partial charge in [-0.25, -0.2) is 0 Å². The lowest BCUT2D eigenvalue weighted by atomic mass is 10.0. The van der Waals surface area contributed by atoms with E-state index in [0.29, 0.717) is 25.9 Å². The van der Waals surface area contributed by atoms with Gasteiger partial charge in [0.15, 0.2) is 6.10 Å². The zero-order valence-electron chi connectivity index (χ0n) is 49.6. The lowest BCUT2D eigenvalue weighted by Crippen LogP contribution is -2.30. The van der Waals surface area contributed by atoms with Gasteiger partial charge in [-0.2, -0.15) is 0 Å². The third-order valence-electron chi connectivity index (χ3n) is 14.3. The summed E-state index contributed by atoms with van der Waals surface area (Å²) in [4.78, 5) is 25.6. The van der Waals surface area contributed by atoms with Crippen LogP contribution in [-0.4, -0.2) is 37.9 Å². The molecule has 1 unspecified atom stereocenters. The largest absolute Gasteiger partial charge is 0.462 e. The van der Waals surface area contributed by atoms with Gasteiger partial charge in [0.05, 0.1) is 6.61 Å². The monoisotopic (exact) mass is 1030 g/mol. The van der Waals surface area contributed by atoms with E-state index >= 15 is 0 Å². The van der Waals surface area contributed by atoms with Crippen molar-refractivity contribution in [2.75, 3.05) is 19.8 Å². The smallest absolute Gasteiger partial charge is 0.306 e. The zero-order valence-corrected chi connectivity index (χ0v) is 49.6. The second kappa shape index (κ2) is 64.6. The Morgan fingerprint density at radius 2 is 0.608 bits per heavy atom. The highest BCUT2D eigenvalue weighted by atomic mass is 16.6. The Kier molecular flexibility index (Phi) is 62.3. The van der Waals surface area contributed by atoms with Gasteiger partial charge in [-0.3, -0.25) is 9.59 Å². The van der Waals surface area contributed by atoms with Gasteiger partial charge in [0.2, 0.25) is 0 Å². The van der Waals surface area contributed by atoms with Crippen LogP contribution in [0.4, 0.5) is 0 Å². The normalized spacial score (nSPS) is 12.6. The Morgan fingerprint density at radius 3 is 0.946 bits per heavy atom. The molecule has 0 saturated heterocycles. The van der Waals surface area contributed by atoms with Gasteiger partial charge in [-0.15, -0.1) is 0 Å². The highest BCUT2D eigenvalue weighted by Crippen LogP contribution is 2.17. The van der Waals surface area contributed by atoms with Crippen LogP contribution in [0.5, 0.6) is 0 Å². The number of allylic oxidation sites excluding steroid dienone is 12. The van der Waals surface area contributed by atoms with Gasteiger partial charge >= 0.3 is 11.9 Å². The number of esters is 2. The number of hydrogen-bond acceptors (Lipinski definition) is 5. The fraction of sp³-hybridized carbons (Fsp3) is 0.797. The fourth-order valence-corrected chi connectivity index (χ4v) is 9.48. The molecule has 0 aliphatic carbocycles. The van der Waals surface area contributed by atoms with Gasteiger partial charge in [0.1, 0.15) is 6.61 Å². The van der Waals surface area contributed by atoms with E-state index in [1.54, 1.807) is 0 Å². The maximum absolute atomic E-state index is 12.9. The minimum Gasteiger partial charge on any atom is -0.462 e. The number of hydrogen-bond donors (Lipinski definition) is 0. The third kappa shape index (κ3) is 61.9. The summed E-state index contributed by atoms with van der Waals surface area (Å²) in [7, 11) is 0. The van der Waals surface area contributed by atoms with Gasteiger partial charge in [-0.05, 0) is 57.8 Å². The summed E-state index contributed by atoms with van der Waals surface area (Å²) in [5.74, 6) is -0.475. The highest BCUT2D eigenvalue weighted by Gasteiger charge is 2.17. The SMILES string of the molecule is CC/C=C\C/C=C\C/C=C\C/C=C\C/C=C\C/C=C\CCC(=O)OCC(COCCCCCCCCCCCCCCCCCCCCCC)OC(=O)CCCCCCCCCCCCCCCCCCCCC. The van der Waals surface area contributed by atoms with Crippen LogP contribution in [0.15, 0.2) is 72.9 Å². The molecule has 0 N–H and O–H groups in total. The third-order valence-corrected chi connectivity index (χ3v) is 14.3. The van der Waals surface area contributed by atoms with Crippen molar-refractivity contribution in [3.05, 3.63) is 72.9 Å². The Bertz CT molecular complexity index is 1310. The van der Waals surface area contributed by atoms with Crippen LogP contribution in [0.3, 0.4) is 0 Å². The first-order chi connectivity index (χ1) is 36.6. The summed E-state index contributed by atoms with van der Waals surface area (Å²) in [5.41, 5.74) is 0. The van der Waals surface area contributed by atoms with Crippen molar-refractivity contribution < 1.29 is 23.8 Å². The molecule has 0 fully saturated rings. The minimum atomic E-state index is -0.567. The molecule has 74 heavy (non-hydrogen) atoms. The highest BCUT2D eigenvalue weighted by molar-refractivity contribution is 5.70. The Morgan fingerprint density at radius 1 is 0.311 bits per heavy atom. The van der Waals surface area contributed by atoms with E-state index in [2.05, 4.69) is 87.6 Å². The first-order valence-corrected chi connectivity index (χ1v) is 32.5. The molecule has 0 rings (SSSR count). The first kappa shape index (κ1) is 71.3. The first-order valence-electron chi connectivity index (χ1n) is 32.5. The van der Waals surface area contributed by atoms with E-state index in [9.17, 15) is 9.59 Å². The molecule has 0 radical (unpaired) electrons. The van der Waals surface area contributed by atoms with Crippen LogP contribution in [-0.2, 0) is 23.8 Å². The van der Waals surface area contributed by atoms with Crippen LogP contribution in [0.1, 0.15) is 329 Å². The lowest BCUT2D eigenvalue weighted by molar-refractivity contribution is -0.162. The molecule has 0 heterocycles. The molecule has 0 spiro atoms. The standard InChI is InChI=1S/C69H124O5/c1-4-7-10-13-16-19-22-25-28-31-34-37-40-43-46-49-52-55-58-61-64-72-65-67(74-69(71)63-60-57-54-51-48-45-42-39-36-33-30-27-24-21-18-15-12-9-6-3)66-73-68(70)62-59-56-53-50-47-44-41-38-35-32-29-26-23-20-17-14-11-8-5-2/h8,11,17,20,26,29,35,38,44,47,53,56,67H,4-7,9-10,12-16,18-19,21-25,27-28,30-34,36-37,39-43,45-46,48-52,54-55,57-66H2,1-3H3/b11-8-,20-17-,29-26-,38-35-,47-44-,56-53-. The molecule has 0 bridgehead atoms. The molecule has 0 saturated carbocycles. The van der Waals surface area contributed by atoms with Crippen molar-refractivity contribution in [1.29, 1.82) is 0 Å². The van der Waals surface area contributed by atoms with E-state index in [0.717, 1.165) is 64.2 Å². The van der Waals surface area contributed by atoms with Crippen molar-refractivity contribution in [3.8, 4) is 0 Å². The molecule has 0 aliphatic rings. The Hall–Kier alpha value is -2.66. The summed E-state index contributed by atoms with van der Waals surface area (Å²) in [6, 6.07) is 0. The van der Waals surface area contributed by atoms with Crippen LogP contribution in [0.25, 0.3) is 0 Å². The quantitative estimate of drug-likeness (QED) is 0.0345. The molecule has 0 aromatic carbocycles. The molecule has 1 atom stereocenters. The second-order valence-corrected chi connectivity index (χ2v) is 21.7. The van der Waals surface area contributed by atoms with E-state index < -0.39 is 6.10 Å². The molecule has 0 amide bonds. The molecule has 5 heteroatoms. The average molecular weight is 1030 g/mol. The van der Waals surface area contributed by atoms with Crippen molar-refractivity contribution in [1.82, 2.24) is 0 Å². The Balaban J connectivity index is 4.33. The summed E-state index contributed by atoms with van der Waals surface area (Å²) < 4.78 is 17.5. The van der Waals surface area contributed by atoms with Gasteiger partial charge < -0.3 is 14.2 Å². The van der Waals surface area contributed by atoms with Crippen molar-refractivity contribution >= 4 is 11.9 Å². The van der Waals surface area contributed by atoms with Gasteiger partial charge in [0.25, 0.3) is 0 Å². The van der Waals surface area contributed by atoms with E-state index in [-0.39, 0.29) is 25.2 Å². The second-order valence-electron chi connectivity index (χ2n) is 21.7. The molecule has 0 aromatic heterocycles. The predicted octanol–water partition coefficient (Wildman–Crippen LogP) is 22.6. The zero-order chi connectivity index (χ0) is 53.4. The van der Waals surface area contributed by atoms with Crippen LogP contribution >= 0.6 is 0 Å². The van der Waals surface area contributed by atoms with Crippen molar-refractivity contribution in [3.63, 3.8) is 0 Å². The maximum atomic E-state index is 12.9. The minimum absolute atomic E-state index is 0.0484. The average Bonchev–Trinajstić information content (AvgIpc) is 3.40. The summed E-state index contributed by atoms with van der Waals surface area (Å²) >= 11 is 0. The number of ether oxygens (including phenoxy) is 3. The summed E-state index contributed by atoms with van der Waals surface area (Å²) in [5, 5.41) is 0. The number of carbonyl (C=O) groups is 2. The van der Waals surface area contributed by atoms with Gasteiger partial charge in [-0.1, -0.05) is 331 Å². The van der Waals surface area contributed by atoms with E-state index in [1.165, 1.54) is 225 Å². The summed E-state index contributed by atoms with van der Waals surface area (Å²) in [6.45, 7) is 7.71. The van der Waals surface area contributed by atoms with E-state index in [4.69, 9.17) is 14.2 Å². The predicted molar refractivity (Wildman–Crippen MR) is 325 cm³/mol. The Labute approximate surface area is 461 Å². The molecule has 0 aromatic rings.